The van der Waals surface area contributed by atoms with Gasteiger partial charge >= 0.3 is 0 Å². The summed E-state index contributed by atoms with van der Waals surface area (Å²) in [5.74, 6) is 0.915. The molecule has 0 heterocycles. The van der Waals surface area contributed by atoms with Crippen LogP contribution in [-0.2, 0) is 0 Å². The van der Waals surface area contributed by atoms with E-state index in [0.29, 0.717) is 0 Å². The fourth-order valence-electron chi connectivity index (χ4n) is 0.302. The van der Waals surface area contributed by atoms with Gasteiger partial charge in [-0.15, -0.1) is 0 Å². The topological polar surface area (TPSA) is 0 Å². The average molecular weight is 88.2 g/mol. The van der Waals surface area contributed by atoms with Gasteiger partial charge in [0.2, 0.25) is 0 Å². The maximum absolute atomic E-state index is 4.17. The van der Waals surface area contributed by atoms with Crippen LogP contribution in [0.25, 0.3) is 0 Å². The van der Waals surface area contributed by atoms with Crippen LogP contribution in [0, 0.1) is 5.92 Å². The van der Waals surface area contributed by atoms with Gasteiger partial charge in [-0.1, -0.05) is 6.92 Å². The average Bonchev–Trinajstić information content (AvgIpc) is 1.79. The molecule has 1 aliphatic carbocycles. The maximum atomic E-state index is 4.17. The van der Waals surface area contributed by atoms with E-state index in [9.17, 15) is 0 Å². The van der Waals surface area contributed by atoms with Crippen molar-refractivity contribution in [3.63, 3.8) is 0 Å². The zero-order chi connectivity index (χ0) is 3.86. The lowest BCUT2D eigenvalue weighted by Crippen LogP contribution is -1.61. The van der Waals surface area contributed by atoms with Gasteiger partial charge in [-0.3, -0.25) is 0 Å². The molecule has 0 aromatic carbocycles. The summed E-state index contributed by atoms with van der Waals surface area (Å²) >= 11 is 4.17. The molecular weight excluding hydrogens is 80.1 g/mol. The van der Waals surface area contributed by atoms with Crippen LogP contribution >= 0.6 is 12.6 Å². The van der Waals surface area contributed by atoms with Gasteiger partial charge in [0.1, 0.15) is 0 Å². The zero-order valence-corrected chi connectivity index (χ0v) is 4.20. The molecule has 1 aliphatic rings. The summed E-state index contributed by atoms with van der Waals surface area (Å²) in [6.07, 6.45) is 1.34. The van der Waals surface area contributed by atoms with Crippen LogP contribution in [0.4, 0.5) is 0 Å². The van der Waals surface area contributed by atoms with E-state index < -0.39 is 0 Å². The highest BCUT2D eigenvalue weighted by atomic mass is 32.1. The molecule has 0 aliphatic heterocycles. The van der Waals surface area contributed by atoms with E-state index in [1.807, 2.05) is 0 Å². The van der Waals surface area contributed by atoms with Gasteiger partial charge in [-0.25, -0.2) is 0 Å². The Morgan fingerprint density at radius 1 is 1.80 bits per heavy atom. The fraction of sp³-hybridized carbons (Fsp3) is 1.00. The maximum Gasteiger partial charge on any atom is 0.00457 e. The van der Waals surface area contributed by atoms with Crippen LogP contribution in [0.1, 0.15) is 13.3 Å². The highest BCUT2D eigenvalue weighted by Gasteiger charge is 2.27. The number of hydrogen-bond donors (Lipinski definition) is 1. The lowest BCUT2D eigenvalue weighted by Gasteiger charge is -1.66. The van der Waals surface area contributed by atoms with Crippen molar-refractivity contribution in [2.24, 2.45) is 5.92 Å². The molecule has 1 saturated carbocycles. The third-order valence-electron chi connectivity index (χ3n) is 1.07. The SMILES string of the molecule is C[C@@H]1CC1S. The molecule has 5 heavy (non-hydrogen) atoms. The Morgan fingerprint density at radius 2 is 2.00 bits per heavy atom. The molecule has 1 rings (SSSR count). The minimum absolute atomic E-state index is 0.745. The Bertz CT molecular complexity index is 36.9. The summed E-state index contributed by atoms with van der Waals surface area (Å²) in [5.41, 5.74) is 0. The summed E-state index contributed by atoms with van der Waals surface area (Å²) in [6, 6.07) is 0. The van der Waals surface area contributed by atoms with Gasteiger partial charge in [-0.2, -0.15) is 12.6 Å². The van der Waals surface area contributed by atoms with E-state index in [1.54, 1.807) is 0 Å². The van der Waals surface area contributed by atoms with Gasteiger partial charge in [0, 0.05) is 5.25 Å². The molecule has 1 heteroatoms. The third-order valence-corrected chi connectivity index (χ3v) is 1.79. The molecule has 0 bridgehead atoms. The van der Waals surface area contributed by atoms with Gasteiger partial charge in [0.05, 0.1) is 0 Å². The Labute approximate surface area is 38.0 Å². The van der Waals surface area contributed by atoms with Gasteiger partial charge in [0.15, 0.2) is 0 Å². The van der Waals surface area contributed by atoms with Crippen molar-refractivity contribution in [1.82, 2.24) is 0 Å². The molecular formula is C4H8S. The molecule has 0 aromatic rings. The monoisotopic (exact) mass is 88.0 g/mol. The number of rotatable bonds is 0. The predicted molar refractivity (Wildman–Crippen MR) is 26.6 cm³/mol. The Morgan fingerprint density at radius 3 is 2.00 bits per heavy atom. The summed E-state index contributed by atoms with van der Waals surface area (Å²) in [5, 5.41) is 0.745. The summed E-state index contributed by atoms with van der Waals surface area (Å²) < 4.78 is 0. The fourth-order valence-corrected chi connectivity index (χ4v) is 0.635. The molecule has 0 spiro atoms. The quantitative estimate of drug-likeness (QED) is 0.424. The summed E-state index contributed by atoms with van der Waals surface area (Å²) in [6.45, 7) is 2.22. The van der Waals surface area contributed by atoms with Crippen molar-refractivity contribution in [3.05, 3.63) is 0 Å². The van der Waals surface area contributed by atoms with Crippen LogP contribution in [-0.4, -0.2) is 5.25 Å². The van der Waals surface area contributed by atoms with Gasteiger partial charge < -0.3 is 0 Å². The molecule has 0 N–H and O–H groups in total. The first-order valence-electron chi connectivity index (χ1n) is 1.99. The van der Waals surface area contributed by atoms with E-state index in [2.05, 4.69) is 19.6 Å². The highest BCUT2D eigenvalue weighted by Crippen LogP contribution is 2.34. The summed E-state index contributed by atoms with van der Waals surface area (Å²) in [7, 11) is 0. The molecule has 0 aromatic heterocycles. The smallest absolute Gasteiger partial charge is 0.00457 e. The second-order valence-electron chi connectivity index (χ2n) is 1.78. The van der Waals surface area contributed by atoms with E-state index in [1.165, 1.54) is 6.42 Å². The van der Waals surface area contributed by atoms with Crippen LogP contribution in [0.3, 0.4) is 0 Å². The third kappa shape index (κ3) is 0.596. The Kier molecular flexibility index (Phi) is 0.639. The highest BCUT2D eigenvalue weighted by molar-refractivity contribution is 7.81. The first kappa shape index (κ1) is 3.54. The van der Waals surface area contributed by atoms with E-state index >= 15 is 0 Å². The zero-order valence-electron chi connectivity index (χ0n) is 3.31. The van der Waals surface area contributed by atoms with Crippen molar-refractivity contribution < 1.29 is 0 Å². The van der Waals surface area contributed by atoms with E-state index in [0.717, 1.165) is 11.2 Å². The standard InChI is InChI=1S/C4H8S/c1-3-2-4(3)5/h3-5H,2H2,1H3/t3-,4?/m1/s1. The van der Waals surface area contributed by atoms with Crippen LogP contribution in [0.5, 0.6) is 0 Å². The van der Waals surface area contributed by atoms with Crippen LogP contribution in [0.2, 0.25) is 0 Å². The number of thiol groups is 1. The molecule has 0 radical (unpaired) electrons. The molecule has 2 atom stereocenters. The van der Waals surface area contributed by atoms with Crippen molar-refractivity contribution in [3.8, 4) is 0 Å². The first-order valence-corrected chi connectivity index (χ1v) is 2.50. The Hall–Kier alpha value is 0.350. The lowest BCUT2D eigenvalue weighted by molar-refractivity contribution is 0.989. The van der Waals surface area contributed by atoms with Gasteiger partial charge in [0.25, 0.3) is 0 Å². The van der Waals surface area contributed by atoms with Crippen molar-refractivity contribution in [2.75, 3.05) is 0 Å². The molecule has 30 valence electrons. The second-order valence-corrected chi connectivity index (χ2v) is 2.44. The largest absolute Gasteiger partial charge is 0.176 e. The van der Waals surface area contributed by atoms with E-state index in [-0.39, 0.29) is 0 Å². The predicted octanol–water partition coefficient (Wildman–Crippen LogP) is 1.32. The molecule has 0 saturated heterocycles. The second kappa shape index (κ2) is 0.904. The molecule has 0 nitrogen and oxygen atoms in total. The van der Waals surface area contributed by atoms with Gasteiger partial charge in [-0.05, 0) is 12.3 Å². The van der Waals surface area contributed by atoms with Crippen molar-refractivity contribution in [1.29, 1.82) is 0 Å². The van der Waals surface area contributed by atoms with Crippen LogP contribution < -0.4 is 0 Å². The van der Waals surface area contributed by atoms with Crippen molar-refractivity contribution >= 4 is 12.6 Å². The van der Waals surface area contributed by atoms with Crippen molar-refractivity contribution in [2.45, 2.75) is 18.6 Å². The molecule has 1 unspecified atom stereocenters. The molecule has 0 amide bonds. The minimum atomic E-state index is 0.745. The summed E-state index contributed by atoms with van der Waals surface area (Å²) in [4.78, 5) is 0. The van der Waals surface area contributed by atoms with E-state index in [4.69, 9.17) is 0 Å². The normalized spacial score (nSPS) is 49.2. The Balaban J connectivity index is 2.20. The lowest BCUT2D eigenvalue weighted by atomic mass is 10.5. The molecule has 1 fully saturated rings. The van der Waals surface area contributed by atoms with Crippen LogP contribution in [0.15, 0.2) is 0 Å². The minimum Gasteiger partial charge on any atom is -0.176 e. The number of hydrogen-bond acceptors (Lipinski definition) is 1. The first-order chi connectivity index (χ1) is 2.30.